The Morgan fingerprint density at radius 2 is 2.10 bits per heavy atom. The molecule has 0 aliphatic carbocycles. The van der Waals surface area contributed by atoms with Crippen LogP contribution < -0.4 is 0 Å². The number of halogens is 1. The Morgan fingerprint density at radius 3 is 2.62 bits per heavy atom. The molecule has 116 valence electrons. The maximum absolute atomic E-state index is 11.9. The fourth-order valence-corrected chi connectivity index (χ4v) is 2.72. The summed E-state index contributed by atoms with van der Waals surface area (Å²) >= 11 is 6.25. The normalized spacial score (nSPS) is 14.4. The number of aryl methyl sites for hydroxylation is 2. The van der Waals surface area contributed by atoms with Crippen molar-refractivity contribution in [2.45, 2.75) is 45.0 Å². The minimum absolute atomic E-state index is 0.306. The maximum Gasteiger partial charge on any atom is 0.328 e. The van der Waals surface area contributed by atoms with Gasteiger partial charge in [0, 0.05) is 7.05 Å². The Balaban J connectivity index is 2.70. The molecule has 0 aliphatic heterocycles. The van der Waals surface area contributed by atoms with Gasteiger partial charge in [-0.3, -0.25) is 9.25 Å². The van der Waals surface area contributed by atoms with Gasteiger partial charge in [0.25, 0.3) is 0 Å². The zero-order valence-corrected chi connectivity index (χ0v) is 13.8. The molecule has 0 aromatic carbocycles. The van der Waals surface area contributed by atoms with Crippen LogP contribution in [0.4, 0.5) is 0 Å². The number of nitrogens with zero attached hydrogens (tertiary/aromatic N) is 4. The fourth-order valence-electron chi connectivity index (χ4n) is 2.56. The predicted octanol–water partition coefficient (Wildman–Crippen LogP) is 2.76. The minimum Gasteiger partial charge on any atom is -0.467 e. The van der Waals surface area contributed by atoms with Crippen molar-refractivity contribution in [2.75, 3.05) is 7.11 Å². The summed E-state index contributed by atoms with van der Waals surface area (Å²) in [7, 11) is 3.23. The van der Waals surface area contributed by atoms with Gasteiger partial charge >= 0.3 is 5.97 Å². The summed E-state index contributed by atoms with van der Waals surface area (Å²) in [4.78, 5) is 16.6. The standard InChI is InChI=1S/C14H21ClN4O2/c1-6-7-10-11-13(18(4)17-10)19(9(3)14(20)21-5)12(16-11)8(2)15/h8-9H,6-7H2,1-5H3. The van der Waals surface area contributed by atoms with Crippen molar-refractivity contribution in [2.24, 2.45) is 7.05 Å². The van der Waals surface area contributed by atoms with Gasteiger partial charge in [0.1, 0.15) is 17.4 Å². The smallest absolute Gasteiger partial charge is 0.328 e. The lowest BCUT2D eigenvalue weighted by Crippen LogP contribution is -2.21. The highest BCUT2D eigenvalue weighted by atomic mass is 35.5. The van der Waals surface area contributed by atoms with Crippen LogP contribution in [0.1, 0.15) is 50.1 Å². The highest BCUT2D eigenvalue weighted by molar-refractivity contribution is 6.20. The molecule has 0 bridgehead atoms. The first kappa shape index (κ1) is 15.8. The van der Waals surface area contributed by atoms with Crippen molar-refractivity contribution in [3.63, 3.8) is 0 Å². The second-order valence-electron chi connectivity index (χ2n) is 5.15. The molecular weight excluding hydrogens is 292 g/mol. The molecule has 2 rings (SSSR count). The van der Waals surface area contributed by atoms with Crippen LogP contribution in [0.2, 0.25) is 0 Å². The molecule has 2 aromatic heterocycles. The summed E-state index contributed by atoms with van der Waals surface area (Å²) in [6.07, 6.45) is 1.83. The molecule has 0 spiro atoms. The lowest BCUT2D eigenvalue weighted by molar-refractivity contribution is -0.144. The van der Waals surface area contributed by atoms with Gasteiger partial charge in [0.05, 0.1) is 18.2 Å². The molecule has 0 amide bonds. The Morgan fingerprint density at radius 1 is 1.43 bits per heavy atom. The first-order chi connectivity index (χ1) is 9.92. The van der Waals surface area contributed by atoms with Gasteiger partial charge in [-0.15, -0.1) is 11.6 Å². The summed E-state index contributed by atoms with van der Waals surface area (Å²) in [5.41, 5.74) is 2.56. The van der Waals surface area contributed by atoms with Crippen LogP contribution in [0.5, 0.6) is 0 Å². The second kappa shape index (κ2) is 6.05. The second-order valence-corrected chi connectivity index (χ2v) is 5.80. The van der Waals surface area contributed by atoms with E-state index < -0.39 is 6.04 Å². The van der Waals surface area contributed by atoms with Crippen molar-refractivity contribution in [1.82, 2.24) is 19.3 Å². The van der Waals surface area contributed by atoms with Crippen molar-refractivity contribution >= 4 is 28.7 Å². The van der Waals surface area contributed by atoms with Crippen LogP contribution in [-0.4, -0.2) is 32.4 Å². The number of carbonyl (C=O) groups is 1. The molecule has 21 heavy (non-hydrogen) atoms. The minimum atomic E-state index is -0.499. The fraction of sp³-hybridized carbons (Fsp3) is 0.643. The summed E-state index contributed by atoms with van der Waals surface area (Å²) < 4.78 is 8.44. The molecule has 6 nitrogen and oxygen atoms in total. The Labute approximate surface area is 129 Å². The van der Waals surface area contributed by atoms with E-state index in [1.807, 2.05) is 18.5 Å². The monoisotopic (exact) mass is 312 g/mol. The third-order valence-corrected chi connectivity index (χ3v) is 3.73. The first-order valence-electron chi connectivity index (χ1n) is 7.07. The number of carbonyl (C=O) groups excluding carboxylic acids is 1. The number of fused-ring (bicyclic) bond motifs is 1. The molecular formula is C14H21ClN4O2. The van der Waals surface area contributed by atoms with Crippen molar-refractivity contribution < 1.29 is 9.53 Å². The molecule has 0 aliphatic rings. The largest absolute Gasteiger partial charge is 0.467 e. The number of ether oxygens (including phenoxy) is 1. The van der Waals surface area contributed by atoms with Crippen LogP contribution in [0.15, 0.2) is 0 Å². The number of esters is 1. The number of hydrogen-bond acceptors (Lipinski definition) is 4. The van der Waals surface area contributed by atoms with Crippen molar-refractivity contribution in [1.29, 1.82) is 0 Å². The van der Waals surface area contributed by atoms with Crippen molar-refractivity contribution in [3.05, 3.63) is 11.5 Å². The van der Waals surface area contributed by atoms with E-state index >= 15 is 0 Å². The van der Waals surface area contributed by atoms with E-state index in [1.165, 1.54) is 7.11 Å². The first-order valence-corrected chi connectivity index (χ1v) is 7.51. The number of methoxy groups -OCH3 is 1. The Hall–Kier alpha value is -1.56. The average molecular weight is 313 g/mol. The van der Waals surface area contributed by atoms with Crippen LogP contribution in [-0.2, 0) is 23.0 Å². The summed E-state index contributed by atoms with van der Waals surface area (Å²) in [6.45, 7) is 5.72. The van der Waals surface area contributed by atoms with Crippen LogP contribution in [0.25, 0.3) is 11.2 Å². The number of imidazole rings is 1. The average Bonchev–Trinajstić information content (AvgIpc) is 2.97. The quantitative estimate of drug-likeness (QED) is 0.629. The summed E-state index contributed by atoms with van der Waals surface area (Å²) in [5.74, 6) is 0.334. The molecule has 0 N–H and O–H groups in total. The van der Waals surface area contributed by atoms with E-state index in [4.69, 9.17) is 16.3 Å². The molecule has 7 heteroatoms. The summed E-state index contributed by atoms with van der Waals surface area (Å²) in [6, 6.07) is -0.499. The molecule has 0 saturated heterocycles. The van der Waals surface area contributed by atoms with E-state index in [-0.39, 0.29) is 11.3 Å². The van der Waals surface area contributed by atoms with Crippen molar-refractivity contribution in [3.8, 4) is 0 Å². The van der Waals surface area contributed by atoms with E-state index in [2.05, 4.69) is 17.0 Å². The van der Waals surface area contributed by atoms with E-state index in [9.17, 15) is 4.79 Å². The number of aromatic nitrogens is 4. The zero-order valence-electron chi connectivity index (χ0n) is 13.1. The third kappa shape index (κ3) is 2.64. The molecule has 0 radical (unpaired) electrons. The number of hydrogen-bond donors (Lipinski definition) is 0. The molecule has 2 unspecified atom stereocenters. The van der Waals surface area contributed by atoms with E-state index in [0.717, 1.165) is 29.7 Å². The van der Waals surface area contributed by atoms with Gasteiger partial charge in [-0.2, -0.15) is 5.10 Å². The van der Waals surface area contributed by atoms with Crippen LogP contribution >= 0.6 is 11.6 Å². The third-order valence-electron chi connectivity index (χ3n) is 3.54. The van der Waals surface area contributed by atoms with Gasteiger partial charge in [0.15, 0.2) is 5.65 Å². The predicted molar refractivity (Wildman–Crippen MR) is 81.5 cm³/mol. The van der Waals surface area contributed by atoms with Crippen LogP contribution in [0.3, 0.4) is 0 Å². The van der Waals surface area contributed by atoms with Crippen LogP contribution in [0, 0.1) is 0 Å². The highest BCUT2D eigenvalue weighted by Crippen LogP contribution is 2.30. The Kier molecular flexibility index (Phi) is 4.56. The molecule has 2 heterocycles. The molecule has 2 atom stereocenters. The van der Waals surface area contributed by atoms with Gasteiger partial charge in [-0.05, 0) is 20.3 Å². The topological polar surface area (TPSA) is 61.9 Å². The zero-order chi connectivity index (χ0) is 15.7. The molecule has 2 aromatic rings. The van der Waals surface area contributed by atoms with Gasteiger partial charge < -0.3 is 4.74 Å². The van der Waals surface area contributed by atoms with E-state index in [1.54, 1.807) is 11.6 Å². The summed E-state index contributed by atoms with van der Waals surface area (Å²) in [5, 5.41) is 4.20. The lowest BCUT2D eigenvalue weighted by atomic mass is 10.2. The lowest BCUT2D eigenvalue weighted by Gasteiger charge is -2.16. The Bertz CT molecular complexity index is 660. The van der Waals surface area contributed by atoms with E-state index in [0.29, 0.717) is 5.82 Å². The SMILES string of the molecule is CCCc1nn(C)c2c1nc(C(C)Cl)n2C(C)C(=O)OC. The maximum atomic E-state index is 11.9. The highest BCUT2D eigenvalue weighted by Gasteiger charge is 2.27. The van der Waals surface area contributed by atoms with Gasteiger partial charge in [-0.25, -0.2) is 9.78 Å². The molecule has 0 saturated carbocycles. The molecule has 0 fully saturated rings. The van der Waals surface area contributed by atoms with Gasteiger partial charge in [0.2, 0.25) is 0 Å². The number of alkyl halides is 1. The van der Waals surface area contributed by atoms with Gasteiger partial charge in [-0.1, -0.05) is 13.3 Å². The number of rotatable bonds is 5.